The Bertz CT molecular complexity index is 558. The van der Waals surface area contributed by atoms with Gasteiger partial charge in [0.1, 0.15) is 24.2 Å². The highest BCUT2D eigenvalue weighted by Crippen LogP contribution is 2.04. The Labute approximate surface area is 169 Å². The summed E-state index contributed by atoms with van der Waals surface area (Å²) in [6.45, 7) is 6.09. The van der Waals surface area contributed by atoms with Gasteiger partial charge in [-0.25, -0.2) is 4.79 Å². The molecule has 10 nitrogen and oxygen atoms in total. The summed E-state index contributed by atoms with van der Waals surface area (Å²) in [5.41, 5.74) is 5.58. The molecule has 5 atom stereocenters. The summed E-state index contributed by atoms with van der Waals surface area (Å²) in [7, 11) is 0. The van der Waals surface area contributed by atoms with Gasteiger partial charge < -0.3 is 31.9 Å². The zero-order valence-electron chi connectivity index (χ0n) is 16.9. The van der Waals surface area contributed by atoms with Crippen LogP contribution in [-0.2, 0) is 19.2 Å². The molecule has 0 saturated heterocycles. The smallest absolute Gasteiger partial charge is 0.326 e. The number of hydrogen-bond acceptors (Lipinski definition) is 7. The minimum atomic E-state index is -1.19. The number of carbonyl (C=O) groups is 4. The van der Waals surface area contributed by atoms with Crippen LogP contribution in [0.4, 0.5) is 0 Å². The van der Waals surface area contributed by atoms with E-state index in [2.05, 4.69) is 16.0 Å². The van der Waals surface area contributed by atoms with E-state index in [1.165, 1.54) is 25.6 Å². The summed E-state index contributed by atoms with van der Waals surface area (Å²) >= 11 is 1.47. The summed E-state index contributed by atoms with van der Waals surface area (Å²) in [4.78, 5) is 48.0. The lowest BCUT2D eigenvalue weighted by Crippen LogP contribution is -2.57. The second kappa shape index (κ2) is 12.6. The van der Waals surface area contributed by atoms with Crippen molar-refractivity contribution in [3.8, 4) is 0 Å². The van der Waals surface area contributed by atoms with Crippen LogP contribution in [0.2, 0.25) is 0 Å². The molecule has 3 amide bonds. The van der Waals surface area contributed by atoms with Crippen molar-refractivity contribution in [1.82, 2.24) is 16.0 Å². The zero-order chi connectivity index (χ0) is 22.0. The molecule has 0 spiro atoms. The monoisotopic (exact) mass is 420 g/mol. The van der Waals surface area contributed by atoms with Gasteiger partial charge in [-0.15, -0.1) is 0 Å². The van der Waals surface area contributed by atoms with Crippen LogP contribution in [0.25, 0.3) is 0 Å². The molecule has 0 fully saturated rings. The van der Waals surface area contributed by atoms with Gasteiger partial charge in [0, 0.05) is 0 Å². The number of amides is 3. The maximum atomic E-state index is 12.5. The number of aliphatic hydroxyl groups is 1. The summed E-state index contributed by atoms with van der Waals surface area (Å²) in [6, 6.07) is -4.22. The molecule has 0 heterocycles. The number of nitrogens with two attached hydrogens (primary N) is 1. The summed E-state index contributed by atoms with van der Waals surface area (Å²) in [5, 5.41) is 25.9. The molecule has 0 aliphatic heterocycles. The van der Waals surface area contributed by atoms with Crippen molar-refractivity contribution < 1.29 is 29.4 Å². The van der Waals surface area contributed by atoms with Crippen molar-refractivity contribution in [2.75, 3.05) is 12.0 Å². The van der Waals surface area contributed by atoms with Gasteiger partial charge in [-0.05, 0) is 38.2 Å². The van der Waals surface area contributed by atoms with E-state index >= 15 is 0 Å². The fourth-order valence-electron chi connectivity index (χ4n) is 2.16. The van der Waals surface area contributed by atoms with Gasteiger partial charge in [0.2, 0.25) is 17.7 Å². The maximum absolute atomic E-state index is 12.5. The molecule has 0 aromatic rings. The molecule has 0 aliphatic rings. The topological polar surface area (TPSA) is 171 Å². The molecule has 11 heteroatoms. The lowest BCUT2D eigenvalue weighted by atomic mass is 10.0. The average molecular weight is 421 g/mol. The third-order valence-corrected chi connectivity index (χ3v) is 4.69. The number of carboxylic acids is 1. The number of thioether (sulfide) groups is 1. The first-order valence-corrected chi connectivity index (χ1v) is 10.4. The van der Waals surface area contributed by atoms with Crippen LogP contribution >= 0.6 is 11.8 Å². The van der Waals surface area contributed by atoms with Gasteiger partial charge in [0.05, 0.1) is 6.10 Å². The molecule has 7 N–H and O–H groups in total. The van der Waals surface area contributed by atoms with Crippen LogP contribution in [0, 0.1) is 5.92 Å². The number of aliphatic hydroxyl groups excluding tert-OH is 1. The second-order valence-corrected chi connectivity index (χ2v) is 7.89. The Kier molecular flexibility index (Phi) is 11.7. The van der Waals surface area contributed by atoms with Crippen LogP contribution in [-0.4, -0.2) is 76.2 Å². The molecule has 0 saturated carbocycles. The second-order valence-electron chi connectivity index (χ2n) is 6.91. The van der Waals surface area contributed by atoms with E-state index in [4.69, 9.17) is 10.8 Å². The van der Waals surface area contributed by atoms with E-state index in [0.29, 0.717) is 12.2 Å². The maximum Gasteiger partial charge on any atom is 0.326 e. The van der Waals surface area contributed by atoms with Gasteiger partial charge in [-0.2, -0.15) is 11.8 Å². The number of rotatable bonds is 12. The van der Waals surface area contributed by atoms with Crippen molar-refractivity contribution in [1.29, 1.82) is 0 Å². The van der Waals surface area contributed by atoms with E-state index < -0.39 is 54.0 Å². The molecule has 5 unspecified atom stereocenters. The summed E-state index contributed by atoms with van der Waals surface area (Å²) in [5.74, 6) is -2.86. The first kappa shape index (κ1) is 26.1. The van der Waals surface area contributed by atoms with Gasteiger partial charge in [0.15, 0.2) is 0 Å². The largest absolute Gasteiger partial charge is 0.480 e. The molecule has 28 heavy (non-hydrogen) atoms. The van der Waals surface area contributed by atoms with Crippen LogP contribution in [0.15, 0.2) is 0 Å². The first-order valence-electron chi connectivity index (χ1n) is 8.98. The highest BCUT2D eigenvalue weighted by Gasteiger charge is 2.29. The molecule has 162 valence electrons. The van der Waals surface area contributed by atoms with Crippen molar-refractivity contribution >= 4 is 35.5 Å². The van der Waals surface area contributed by atoms with Crippen LogP contribution in [0.1, 0.15) is 34.1 Å². The average Bonchev–Trinajstić information content (AvgIpc) is 2.60. The van der Waals surface area contributed by atoms with Gasteiger partial charge in [-0.3, -0.25) is 14.4 Å². The lowest BCUT2D eigenvalue weighted by molar-refractivity contribution is -0.143. The Morgan fingerprint density at radius 3 is 1.96 bits per heavy atom. The standard InChI is InChI=1S/C17H32N4O6S/c1-8(2)13(17(26)27)21-14(23)9(3)19-15(24)11(6-7-28-5)20-16(25)12(18)10(4)22/h8-13,22H,6-7,18H2,1-5H3,(H,19,24)(H,20,25)(H,21,23)(H,26,27). The molecule has 0 bridgehead atoms. The molecule has 0 aromatic carbocycles. The number of carboxylic acid groups (broad SMARTS) is 1. The molecule has 0 aliphatic carbocycles. The number of carbonyl (C=O) groups excluding carboxylic acids is 3. The third-order valence-electron chi connectivity index (χ3n) is 4.05. The van der Waals surface area contributed by atoms with Gasteiger partial charge in [0.25, 0.3) is 0 Å². The van der Waals surface area contributed by atoms with Crippen molar-refractivity contribution in [3.63, 3.8) is 0 Å². The SMILES string of the molecule is CSCCC(NC(=O)C(N)C(C)O)C(=O)NC(C)C(=O)NC(C(=O)O)C(C)C. The van der Waals surface area contributed by atoms with E-state index in [1.54, 1.807) is 13.8 Å². The van der Waals surface area contributed by atoms with E-state index in [9.17, 15) is 24.3 Å². The highest BCUT2D eigenvalue weighted by atomic mass is 32.2. The minimum absolute atomic E-state index is 0.295. The van der Waals surface area contributed by atoms with E-state index in [1.807, 2.05) is 6.26 Å². The number of aliphatic carboxylic acids is 1. The minimum Gasteiger partial charge on any atom is -0.480 e. The predicted molar refractivity (Wildman–Crippen MR) is 107 cm³/mol. The highest BCUT2D eigenvalue weighted by molar-refractivity contribution is 7.98. The van der Waals surface area contributed by atoms with Crippen molar-refractivity contribution in [3.05, 3.63) is 0 Å². The fraction of sp³-hybridized carbons (Fsp3) is 0.765. The quantitative estimate of drug-likeness (QED) is 0.225. The lowest BCUT2D eigenvalue weighted by Gasteiger charge is -2.24. The molecule has 0 rings (SSSR count). The zero-order valence-corrected chi connectivity index (χ0v) is 17.7. The van der Waals surface area contributed by atoms with Gasteiger partial charge >= 0.3 is 5.97 Å². The van der Waals surface area contributed by atoms with Crippen molar-refractivity contribution in [2.24, 2.45) is 11.7 Å². The van der Waals surface area contributed by atoms with E-state index in [0.717, 1.165) is 0 Å². The van der Waals surface area contributed by atoms with Crippen LogP contribution < -0.4 is 21.7 Å². The summed E-state index contributed by atoms with van der Waals surface area (Å²) < 4.78 is 0. The first-order chi connectivity index (χ1) is 12.9. The molecular formula is C17H32N4O6S. The predicted octanol–water partition coefficient (Wildman–Crippen LogP) is -1.34. The fourth-order valence-corrected chi connectivity index (χ4v) is 2.63. The van der Waals surface area contributed by atoms with Crippen LogP contribution in [0.3, 0.4) is 0 Å². The Morgan fingerprint density at radius 1 is 0.964 bits per heavy atom. The van der Waals surface area contributed by atoms with E-state index in [-0.39, 0.29) is 5.92 Å². The Balaban J connectivity index is 5.01. The van der Waals surface area contributed by atoms with Gasteiger partial charge in [-0.1, -0.05) is 13.8 Å². The van der Waals surface area contributed by atoms with Crippen molar-refractivity contribution in [2.45, 2.75) is 64.4 Å². The Morgan fingerprint density at radius 2 is 1.54 bits per heavy atom. The molecule has 0 radical (unpaired) electrons. The van der Waals surface area contributed by atoms with Crippen LogP contribution in [0.5, 0.6) is 0 Å². The Hall–Kier alpha value is -1.85. The normalized spacial score (nSPS) is 16.4. The number of nitrogens with one attached hydrogen (secondary N) is 3. The summed E-state index contributed by atoms with van der Waals surface area (Å²) in [6.07, 6.45) is 1.05. The molecular weight excluding hydrogens is 388 g/mol. The number of hydrogen-bond donors (Lipinski definition) is 6. The molecule has 0 aromatic heterocycles. The third kappa shape index (κ3) is 8.89.